The van der Waals surface area contributed by atoms with Gasteiger partial charge in [0.2, 0.25) is 0 Å². The van der Waals surface area contributed by atoms with Gasteiger partial charge in [-0.3, -0.25) is 9.48 Å². The number of rotatable bonds is 7. The van der Waals surface area contributed by atoms with E-state index in [0.29, 0.717) is 24.6 Å². The fourth-order valence-electron chi connectivity index (χ4n) is 3.74. The van der Waals surface area contributed by atoms with Gasteiger partial charge >= 0.3 is 0 Å². The molecule has 1 aliphatic heterocycles. The second-order valence-electron chi connectivity index (χ2n) is 7.41. The fraction of sp³-hybridized carbons (Fsp3) is 0.304. The second-order valence-corrected chi connectivity index (χ2v) is 7.41. The molecule has 0 spiro atoms. The maximum atomic E-state index is 12.6. The quantitative estimate of drug-likeness (QED) is 0.627. The van der Waals surface area contributed by atoms with E-state index in [-0.39, 0.29) is 18.3 Å². The van der Waals surface area contributed by atoms with E-state index in [1.807, 2.05) is 41.2 Å². The standard InChI is InChI=1S/C23H26N4O.ClH/c28-23(20-8-6-18(7-9-20)14-19-10-12-24-15-19)25-16-21-4-1-2-5-22(21)17-27-13-3-11-26-27;/h1-9,11,13,19,24H,10,12,14-17H2,(H,25,28);1H. The lowest BCUT2D eigenvalue weighted by atomic mass is 9.98. The number of hydrogen-bond acceptors (Lipinski definition) is 3. The maximum absolute atomic E-state index is 12.6. The zero-order chi connectivity index (χ0) is 19.2. The smallest absolute Gasteiger partial charge is 0.251 e. The van der Waals surface area contributed by atoms with Gasteiger partial charge in [-0.25, -0.2) is 0 Å². The van der Waals surface area contributed by atoms with Crippen molar-refractivity contribution >= 4 is 18.3 Å². The summed E-state index contributed by atoms with van der Waals surface area (Å²) in [6, 6.07) is 18.1. The summed E-state index contributed by atoms with van der Waals surface area (Å²) in [5.74, 6) is 0.675. The average Bonchev–Trinajstić information content (AvgIpc) is 3.42. The molecule has 1 aromatic heterocycles. The van der Waals surface area contributed by atoms with E-state index in [4.69, 9.17) is 0 Å². The summed E-state index contributed by atoms with van der Waals surface area (Å²) in [5, 5.41) is 10.7. The van der Waals surface area contributed by atoms with Crippen LogP contribution >= 0.6 is 12.4 Å². The first-order valence-corrected chi connectivity index (χ1v) is 9.90. The van der Waals surface area contributed by atoms with E-state index in [9.17, 15) is 4.79 Å². The van der Waals surface area contributed by atoms with Crippen LogP contribution in [0.3, 0.4) is 0 Å². The van der Waals surface area contributed by atoms with Crippen LogP contribution in [0.4, 0.5) is 0 Å². The van der Waals surface area contributed by atoms with Crippen molar-refractivity contribution in [3.05, 3.63) is 89.2 Å². The van der Waals surface area contributed by atoms with E-state index >= 15 is 0 Å². The minimum absolute atomic E-state index is 0. The molecule has 4 rings (SSSR count). The SMILES string of the molecule is Cl.O=C(NCc1ccccc1Cn1cccn1)c1ccc(CC2CCNC2)cc1. The average molecular weight is 411 g/mol. The lowest BCUT2D eigenvalue weighted by Crippen LogP contribution is -2.23. The number of benzene rings is 2. The molecule has 1 atom stereocenters. The molecule has 6 heteroatoms. The summed E-state index contributed by atoms with van der Waals surface area (Å²) in [5.41, 5.74) is 4.27. The zero-order valence-corrected chi connectivity index (χ0v) is 17.2. The Hall–Kier alpha value is -2.63. The number of carbonyl (C=O) groups is 1. The Balaban J connectivity index is 0.00000240. The first-order chi connectivity index (χ1) is 13.8. The van der Waals surface area contributed by atoms with Gasteiger partial charge in [0.15, 0.2) is 0 Å². The third-order valence-electron chi connectivity index (χ3n) is 5.35. The van der Waals surface area contributed by atoms with Gasteiger partial charge < -0.3 is 10.6 Å². The van der Waals surface area contributed by atoms with Gasteiger partial charge in [0.1, 0.15) is 0 Å². The molecule has 0 bridgehead atoms. The molecule has 2 heterocycles. The molecular weight excluding hydrogens is 384 g/mol. The lowest BCUT2D eigenvalue weighted by molar-refractivity contribution is 0.0951. The normalized spacial score (nSPS) is 15.7. The highest BCUT2D eigenvalue weighted by atomic mass is 35.5. The van der Waals surface area contributed by atoms with Crippen molar-refractivity contribution in [2.24, 2.45) is 5.92 Å². The number of nitrogens with zero attached hydrogens (tertiary/aromatic N) is 2. The molecule has 1 fully saturated rings. The van der Waals surface area contributed by atoms with Gasteiger partial charge in [-0.2, -0.15) is 5.10 Å². The first-order valence-electron chi connectivity index (χ1n) is 9.90. The van der Waals surface area contributed by atoms with Crippen LogP contribution in [-0.4, -0.2) is 28.8 Å². The van der Waals surface area contributed by atoms with Crippen LogP contribution in [0.2, 0.25) is 0 Å². The number of hydrogen-bond donors (Lipinski definition) is 2. The molecule has 0 aliphatic carbocycles. The summed E-state index contributed by atoms with van der Waals surface area (Å²) >= 11 is 0. The molecule has 2 N–H and O–H groups in total. The van der Waals surface area contributed by atoms with E-state index in [0.717, 1.165) is 30.6 Å². The number of carbonyl (C=O) groups excluding carboxylic acids is 1. The van der Waals surface area contributed by atoms with Gasteiger partial charge in [0.25, 0.3) is 5.91 Å². The van der Waals surface area contributed by atoms with Gasteiger partial charge in [0, 0.05) is 24.5 Å². The molecule has 5 nitrogen and oxygen atoms in total. The molecule has 0 radical (unpaired) electrons. The van der Waals surface area contributed by atoms with Crippen molar-refractivity contribution < 1.29 is 4.79 Å². The van der Waals surface area contributed by atoms with Crippen LogP contribution in [0.25, 0.3) is 0 Å². The molecule has 1 saturated heterocycles. The molecule has 1 amide bonds. The van der Waals surface area contributed by atoms with Crippen LogP contribution in [0.15, 0.2) is 67.0 Å². The van der Waals surface area contributed by atoms with Crippen molar-refractivity contribution in [3.8, 4) is 0 Å². The topological polar surface area (TPSA) is 59.0 Å². The number of nitrogens with one attached hydrogen (secondary N) is 2. The van der Waals surface area contributed by atoms with Crippen LogP contribution in [0.1, 0.15) is 33.5 Å². The van der Waals surface area contributed by atoms with Crippen LogP contribution in [0.5, 0.6) is 0 Å². The Morgan fingerprint density at radius 1 is 1.10 bits per heavy atom. The Labute approximate surface area is 177 Å². The highest BCUT2D eigenvalue weighted by molar-refractivity contribution is 5.94. The Kier molecular flexibility index (Phi) is 7.44. The van der Waals surface area contributed by atoms with E-state index in [1.54, 1.807) is 6.20 Å². The van der Waals surface area contributed by atoms with Crippen molar-refractivity contribution in [1.29, 1.82) is 0 Å². The van der Waals surface area contributed by atoms with Crippen molar-refractivity contribution in [2.45, 2.75) is 25.9 Å². The summed E-state index contributed by atoms with van der Waals surface area (Å²) in [6.45, 7) is 3.42. The van der Waals surface area contributed by atoms with Gasteiger partial charge in [-0.1, -0.05) is 36.4 Å². The minimum Gasteiger partial charge on any atom is -0.348 e. The predicted molar refractivity (Wildman–Crippen MR) is 117 cm³/mol. The van der Waals surface area contributed by atoms with Crippen molar-refractivity contribution in [1.82, 2.24) is 20.4 Å². The molecule has 0 saturated carbocycles. The first kappa shape index (κ1) is 21.1. The highest BCUT2D eigenvalue weighted by Crippen LogP contribution is 2.16. The molecular formula is C23H27ClN4O. The minimum atomic E-state index is -0.0389. The number of aromatic nitrogens is 2. The predicted octanol–water partition coefficient (Wildman–Crippen LogP) is 3.44. The molecule has 2 aromatic carbocycles. The summed E-state index contributed by atoms with van der Waals surface area (Å²) in [6.07, 6.45) is 6.03. The van der Waals surface area contributed by atoms with E-state index in [1.165, 1.54) is 12.0 Å². The molecule has 1 unspecified atom stereocenters. The zero-order valence-electron chi connectivity index (χ0n) is 16.4. The number of amides is 1. The van der Waals surface area contributed by atoms with Gasteiger partial charge in [0.05, 0.1) is 6.54 Å². The molecule has 152 valence electrons. The Morgan fingerprint density at radius 3 is 2.59 bits per heavy atom. The summed E-state index contributed by atoms with van der Waals surface area (Å²) < 4.78 is 1.89. The Bertz CT molecular complexity index is 903. The largest absolute Gasteiger partial charge is 0.348 e. The van der Waals surface area contributed by atoms with Crippen molar-refractivity contribution in [2.75, 3.05) is 13.1 Å². The molecule has 3 aromatic rings. The lowest BCUT2D eigenvalue weighted by Gasteiger charge is -2.12. The van der Waals surface area contributed by atoms with E-state index < -0.39 is 0 Å². The van der Waals surface area contributed by atoms with Gasteiger partial charge in [-0.15, -0.1) is 12.4 Å². The third kappa shape index (κ3) is 5.68. The fourth-order valence-corrected chi connectivity index (χ4v) is 3.74. The van der Waals surface area contributed by atoms with E-state index in [2.05, 4.69) is 40.0 Å². The highest BCUT2D eigenvalue weighted by Gasteiger charge is 2.15. The summed E-state index contributed by atoms with van der Waals surface area (Å²) in [7, 11) is 0. The second kappa shape index (κ2) is 10.2. The van der Waals surface area contributed by atoms with Crippen LogP contribution in [0, 0.1) is 5.92 Å². The van der Waals surface area contributed by atoms with Crippen LogP contribution in [-0.2, 0) is 19.5 Å². The molecule has 29 heavy (non-hydrogen) atoms. The Morgan fingerprint density at radius 2 is 1.90 bits per heavy atom. The van der Waals surface area contributed by atoms with Crippen LogP contribution < -0.4 is 10.6 Å². The third-order valence-corrected chi connectivity index (χ3v) is 5.35. The monoisotopic (exact) mass is 410 g/mol. The summed E-state index contributed by atoms with van der Waals surface area (Å²) in [4.78, 5) is 12.6. The van der Waals surface area contributed by atoms with Gasteiger partial charge in [-0.05, 0) is 66.7 Å². The molecule has 1 aliphatic rings. The maximum Gasteiger partial charge on any atom is 0.251 e. The number of halogens is 1. The van der Waals surface area contributed by atoms with Crippen molar-refractivity contribution in [3.63, 3.8) is 0 Å².